The fourth-order valence-electron chi connectivity index (χ4n) is 3.10. The third kappa shape index (κ3) is 3.80. The molecule has 1 amide bonds. The Balaban J connectivity index is 1.57. The maximum absolute atomic E-state index is 12.5. The van der Waals surface area contributed by atoms with Crippen molar-refractivity contribution in [3.05, 3.63) is 18.0 Å². The van der Waals surface area contributed by atoms with Crippen LogP contribution in [0.2, 0.25) is 0 Å². The van der Waals surface area contributed by atoms with Gasteiger partial charge in [0.15, 0.2) is 0 Å². The Bertz CT molecular complexity index is 535. The van der Waals surface area contributed by atoms with Crippen LogP contribution in [-0.2, 0) is 9.53 Å². The van der Waals surface area contributed by atoms with Crippen molar-refractivity contribution in [1.29, 1.82) is 0 Å². The Morgan fingerprint density at radius 1 is 1.26 bits per heavy atom. The second-order valence-corrected chi connectivity index (χ2v) is 6.60. The van der Waals surface area contributed by atoms with E-state index in [0.717, 1.165) is 44.0 Å². The molecule has 2 aliphatic rings. The van der Waals surface area contributed by atoms with Crippen molar-refractivity contribution in [2.24, 2.45) is 0 Å². The van der Waals surface area contributed by atoms with E-state index in [9.17, 15) is 4.79 Å². The number of rotatable bonds is 3. The molecule has 6 heteroatoms. The Hall–Kier alpha value is -1.69. The molecule has 3 heterocycles. The van der Waals surface area contributed by atoms with E-state index in [0.29, 0.717) is 25.6 Å². The standard InChI is InChI=1S/C17H26N4O2/c1-13(2)14-6-7-18-17(19-14)21-10-8-20(9-11-21)16(22)15-5-3-4-12-23-15/h6-7,13,15H,3-5,8-12H2,1-2H3. The summed E-state index contributed by atoms with van der Waals surface area (Å²) in [6.45, 7) is 7.97. The number of hydrogen-bond acceptors (Lipinski definition) is 5. The van der Waals surface area contributed by atoms with Gasteiger partial charge in [-0.25, -0.2) is 9.97 Å². The maximum atomic E-state index is 12.5. The van der Waals surface area contributed by atoms with Crippen LogP contribution in [0.3, 0.4) is 0 Å². The van der Waals surface area contributed by atoms with Gasteiger partial charge in [-0.1, -0.05) is 13.8 Å². The van der Waals surface area contributed by atoms with Crippen molar-refractivity contribution >= 4 is 11.9 Å². The quantitative estimate of drug-likeness (QED) is 0.851. The number of carbonyl (C=O) groups is 1. The molecule has 1 aromatic heterocycles. The molecule has 0 aromatic carbocycles. The zero-order valence-electron chi connectivity index (χ0n) is 14.1. The van der Waals surface area contributed by atoms with Gasteiger partial charge in [-0.15, -0.1) is 0 Å². The van der Waals surface area contributed by atoms with Crippen LogP contribution in [0.25, 0.3) is 0 Å². The molecule has 3 rings (SSSR count). The number of aromatic nitrogens is 2. The summed E-state index contributed by atoms with van der Waals surface area (Å²) in [5, 5.41) is 0. The average Bonchev–Trinajstić information content (AvgIpc) is 2.62. The number of hydrogen-bond donors (Lipinski definition) is 0. The molecule has 0 N–H and O–H groups in total. The SMILES string of the molecule is CC(C)c1ccnc(N2CCN(C(=O)C3CCCCO3)CC2)n1. The van der Waals surface area contributed by atoms with Gasteiger partial charge < -0.3 is 14.5 Å². The zero-order valence-corrected chi connectivity index (χ0v) is 14.1. The first-order valence-corrected chi connectivity index (χ1v) is 8.63. The van der Waals surface area contributed by atoms with E-state index < -0.39 is 0 Å². The minimum Gasteiger partial charge on any atom is -0.368 e. The predicted octanol–water partition coefficient (Wildman–Crippen LogP) is 1.82. The summed E-state index contributed by atoms with van der Waals surface area (Å²) < 4.78 is 5.62. The molecule has 23 heavy (non-hydrogen) atoms. The van der Waals surface area contributed by atoms with Gasteiger partial charge in [0, 0.05) is 44.7 Å². The summed E-state index contributed by atoms with van der Waals surface area (Å²) in [4.78, 5) is 25.6. The topological polar surface area (TPSA) is 58.6 Å². The summed E-state index contributed by atoms with van der Waals surface area (Å²) >= 11 is 0. The highest BCUT2D eigenvalue weighted by atomic mass is 16.5. The first-order chi connectivity index (χ1) is 11.1. The number of piperazine rings is 1. The Morgan fingerprint density at radius 2 is 2.04 bits per heavy atom. The first kappa shape index (κ1) is 16.2. The lowest BCUT2D eigenvalue weighted by Crippen LogP contribution is -2.52. The van der Waals surface area contributed by atoms with Crippen LogP contribution in [0.1, 0.15) is 44.7 Å². The second kappa shape index (κ2) is 7.25. The van der Waals surface area contributed by atoms with E-state index in [1.54, 1.807) is 0 Å². The van der Waals surface area contributed by atoms with Gasteiger partial charge in [0.2, 0.25) is 5.95 Å². The van der Waals surface area contributed by atoms with E-state index in [2.05, 4.69) is 28.7 Å². The predicted molar refractivity (Wildman–Crippen MR) is 88.5 cm³/mol. The molecular formula is C17H26N4O2. The number of amides is 1. The van der Waals surface area contributed by atoms with Crippen molar-refractivity contribution in [3.8, 4) is 0 Å². The molecule has 0 radical (unpaired) electrons. The second-order valence-electron chi connectivity index (χ2n) is 6.60. The van der Waals surface area contributed by atoms with Gasteiger partial charge in [-0.3, -0.25) is 4.79 Å². The fourth-order valence-corrected chi connectivity index (χ4v) is 3.10. The summed E-state index contributed by atoms with van der Waals surface area (Å²) in [5.41, 5.74) is 1.06. The summed E-state index contributed by atoms with van der Waals surface area (Å²) in [5.74, 6) is 1.32. The van der Waals surface area contributed by atoms with Crippen LogP contribution < -0.4 is 4.90 Å². The smallest absolute Gasteiger partial charge is 0.251 e. The highest BCUT2D eigenvalue weighted by molar-refractivity contribution is 5.81. The monoisotopic (exact) mass is 318 g/mol. The molecule has 126 valence electrons. The lowest BCUT2D eigenvalue weighted by molar-refractivity contribution is -0.146. The first-order valence-electron chi connectivity index (χ1n) is 8.63. The molecule has 6 nitrogen and oxygen atoms in total. The van der Waals surface area contributed by atoms with Gasteiger partial charge in [-0.05, 0) is 31.2 Å². The molecule has 0 aliphatic carbocycles. The maximum Gasteiger partial charge on any atom is 0.251 e. The molecule has 1 unspecified atom stereocenters. The lowest BCUT2D eigenvalue weighted by atomic mass is 10.1. The van der Waals surface area contributed by atoms with Crippen molar-refractivity contribution in [3.63, 3.8) is 0 Å². The van der Waals surface area contributed by atoms with Crippen LogP contribution in [0.5, 0.6) is 0 Å². The van der Waals surface area contributed by atoms with Crippen LogP contribution >= 0.6 is 0 Å². The molecule has 2 aliphatic heterocycles. The van der Waals surface area contributed by atoms with Crippen molar-refractivity contribution in [2.75, 3.05) is 37.7 Å². The minimum atomic E-state index is -0.226. The summed E-state index contributed by atoms with van der Waals surface area (Å²) in [6.07, 6.45) is 4.62. The third-order valence-electron chi connectivity index (χ3n) is 4.59. The van der Waals surface area contributed by atoms with Crippen LogP contribution in [0.4, 0.5) is 5.95 Å². The molecular weight excluding hydrogens is 292 g/mol. The van der Waals surface area contributed by atoms with E-state index >= 15 is 0 Å². The molecule has 0 bridgehead atoms. The van der Waals surface area contributed by atoms with Gasteiger partial charge in [0.25, 0.3) is 5.91 Å². The van der Waals surface area contributed by atoms with E-state index in [-0.39, 0.29) is 12.0 Å². The minimum absolute atomic E-state index is 0.154. The van der Waals surface area contributed by atoms with Crippen LogP contribution in [0.15, 0.2) is 12.3 Å². The number of nitrogens with zero attached hydrogens (tertiary/aromatic N) is 4. The van der Waals surface area contributed by atoms with Gasteiger partial charge in [0.05, 0.1) is 0 Å². The average molecular weight is 318 g/mol. The molecule has 0 spiro atoms. The van der Waals surface area contributed by atoms with E-state index in [1.165, 1.54) is 0 Å². The van der Waals surface area contributed by atoms with E-state index in [1.807, 2.05) is 17.2 Å². The number of ether oxygens (including phenoxy) is 1. The molecule has 1 aromatic rings. The van der Waals surface area contributed by atoms with Crippen LogP contribution in [-0.4, -0.2) is 59.7 Å². The van der Waals surface area contributed by atoms with Crippen LogP contribution in [0, 0.1) is 0 Å². The van der Waals surface area contributed by atoms with E-state index in [4.69, 9.17) is 4.74 Å². The fraction of sp³-hybridized carbons (Fsp3) is 0.706. The van der Waals surface area contributed by atoms with Crippen molar-refractivity contribution in [1.82, 2.24) is 14.9 Å². The van der Waals surface area contributed by atoms with Gasteiger partial charge in [0.1, 0.15) is 6.10 Å². The summed E-state index contributed by atoms with van der Waals surface area (Å²) in [7, 11) is 0. The molecule has 1 atom stereocenters. The van der Waals surface area contributed by atoms with Gasteiger partial charge in [-0.2, -0.15) is 0 Å². The highest BCUT2D eigenvalue weighted by Gasteiger charge is 2.29. The largest absolute Gasteiger partial charge is 0.368 e. The van der Waals surface area contributed by atoms with Gasteiger partial charge >= 0.3 is 0 Å². The lowest BCUT2D eigenvalue weighted by Gasteiger charge is -2.37. The number of carbonyl (C=O) groups excluding carboxylic acids is 1. The summed E-state index contributed by atoms with van der Waals surface area (Å²) in [6, 6.07) is 1.97. The Labute approximate surface area is 137 Å². The molecule has 0 saturated carbocycles. The number of anilines is 1. The Kier molecular flexibility index (Phi) is 5.10. The third-order valence-corrected chi connectivity index (χ3v) is 4.59. The molecule has 2 saturated heterocycles. The zero-order chi connectivity index (χ0) is 16.2. The normalized spacial score (nSPS) is 22.5. The Morgan fingerprint density at radius 3 is 2.70 bits per heavy atom. The molecule has 2 fully saturated rings. The van der Waals surface area contributed by atoms with Crippen molar-refractivity contribution in [2.45, 2.75) is 45.1 Å². The van der Waals surface area contributed by atoms with Crippen molar-refractivity contribution < 1.29 is 9.53 Å². The highest BCUT2D eigenvalue weighted by Crippen LogP contribution is 2.19.